The van der Waals surface area contributed by atoms with Crippen LogP contribution in [0.15, 0.2) is 42.5 Å². The van der Waals surface area contributed by atoms with Crippen LogP contribution in [0.25, 0.3) is 10.6 Å². The second kappa shape index (κ2) is 13.7. The van der Waals surface area contributed by atoms with E-state index < -0.39 is 46.1 Å². The van der Waals surface area contributed by atoms with Gasteiger partial charge >= 0.3 is 18.4 Å². The Morgan fingerprint density at radius 1 is 1.00 bits per heavy atom. The Morgan fingerprint density at radius 2 is 1.62 bits per heavy atom. The van der Waals surface area contributed by atoms with Gasteiger partial charge in [0, 0.05) is 18.7 Å². The number of benzene rings is 2. The third kappa shape index (κ3) is 10.3. The van der Waals surface area contributed by atoms with Crippen LogP contribution in [0.4, 0.5) is 39.3 Å². The van der Waals surface area contributed by atoms with Crippen molar-refractivity contribution < 1.29 is 37.2 Å². The average molecular weight is 653 g/mol. The van der Waals surface area contributed by atoms with Crippen LogP contribution in [0.1, 0.15) is 52.7 Å². The van der Waals surface area contributed by atoms with E-state index >= 15 is 0 Å². The largest absolute Gasteiger partial charge is 0.444 e. The molecule has 0 radical (unpaired) electrons. The number of halogens is 3. The molecule has 0 bridgehead atoms. The zero-order valence-electron chi connectivity index (χ0n) is 25.8. The summed E-state index contributed by atoms with van der Waals surface area (Å²) in [6, 6.07) is 7.93. The zero-order chi connectivity index (χ0) is 33.7. The Kier molecular flexibility index (Phi) is 10.6. The summed E-state index contributed by atoms with van der Waals surface area (Å²) in [5.41, 5.74) is -1.53. The van der Waals surface area contributed by atoms with Crippen LogP contribution in [-0.4, -0.2) is 58.1 Å². The van der Waals surface area contributed by atoms with Crippen molar-refractivity contribution in [3.8, 4) is 10.6 Å². The van der Waals surface area contributed by atoms with Gasteiger partial charge in [0.1, 0.15) is 21.9 Å². The highest BCUT2D eigenvalue weighted by Crippen LogP contribution is 2.35. The summed E-state index contributed by atoms with van der Waals surface area (Å²) in [7, 11) is 1.54. The van der Waals surface area contributed by atoms with Gasteiger partial charge in [-0.15, -0.1) is 10.2 Å². The predicted octanol–water partition coefficient (Wildman–Crippen LogP) is 7.05. The standard InChI is InChI=1S/C29H35F3N6O6S/c1-27(2,3)43-25(39)34-20(14-17-8-11-19(12-9-17)29(30,31)32)16-37(26(40)44-28(4,5)6)24-36-35-23(45-24)18-10-13-22(38(41)42)21(15-18)33-7/h8-13,15,20,33H,14,16H2,1-7H3,(H,34,39)/t20-/m1/s1. The number of hydrogen-bond donors (Lipinski definition) is 2. The predicted molar refractivity (Wildman–Crippen MR) is 163 cm³/mol. The van der Waals surface area contributed by atoms with Crippen molar-refractivity contribution in [3.63, 3.8) is 0 Å². The number of rotatable bonds is 9. The van der Waals surface area contributed by atoms with E-state index in [1.54, 1.807) is 41.5 Å². The molecule has 1 aromatic heterocycles. The van der Waals surface area contributed by atoms with E-state index in [-0.39, 0.29) is 29.5 Å². The quantitative estimate of drug-likeness (QED) is 0.183. The number of amides is 2. The zero-order valence-corrected chi connectivity index (χ0v) is 26.6. The van der Waals surface area contributed by atoms with Crippen LogP contribution in [0.2, 0.25) is 0 Å². The maximum Gasteiger partial charge on any atom is 0.416 e. The van der Waals surface area contributed by atoms with Crippen molar-refractivity contribution in [2.45, 2.75) is 71.4 Å². The highest BCUT2D eigenvalue weighted by Gasteiger charge is 2.32. The molecule has 2 amide bonds. The lowest BCUT2D eigenvalue weighted by Gasteiger charge is -2.29. The highest BCUT2D eigenvalue weighted by molar-refractivity contribution is 7.18. The van der Waals surface area contributed by atoms with Gasteiger partial charge in [-0.25, -0.2) is 14.5 Å². The number of carbonyl (C=O) groups excluding carboxylic acids is 2. The minimum absolute atomic E-state index is 0.0240. The summed E-state index contributed by atoms with van der Waals surface area (Å²) in [5, 5.41) is 25.6. The lowest BCUT2D eigenvalue weighted by Crippen LogP contribution is -2.49. The van der Waals surface area contributed by atoms with Gasteiger partial charge in [0.2, 0.25) is 5.13 Å². The molecular formula is C29H35F3N6O6S. The third-order valence-electron chi connectivity index (χ3n) is 5.86. The SMILES string of the molecule is CNc1cc(-c2nnc(N(C[C@@H](Cc3ccc(C(F)(F)F)cc3)NC(=O)OC(C)(C)C)C(=O)OC(C)(C)C)s2)ccc1[N+](=O)[O-]. The van der Waals surface area contributed by atoms with Crippen molar-refractivity contribution in [2.75, 3.05) is 23.8 Å². The van der Waals surface area contributed by atoms with Crippen molar-refractivity contribution >= 4 is 40.0 Å². The number of ether oxygens (including phenoxy) is 2. The first kappa shape index (κ1) is 35.0. The molecule has 244 valence electrons. The summed E-state index contributed by atoms with van der Waals surface area (Å²) in [6.07, 6.45) is -6.11. The van der Waals surface area contributed by atoms with Gasteiger partial charge in [-0.1, -0.05) is 23.5 Å². The van der Waals surface area contributed by atoms with Crippen LogP contribution in [0, 0.1) is 10.1 Å². The summed E-state index contributed by atoms with van der Waals surface area (Å²) >= 11 is 1.00. The first-order chi connectivity index (χ1) is 20.8. The Bertz CT molecular complexity index is 1520. The van der Waals surface area contributed by atoms with Crippen molar-refractivity contribution in [2.24, 2.45) is 0 Å². The van der Waals surface area contributed by atoms with Gasteiger partial charge in [0.15, 0.2) is 0 Å². The molecule has 0 spiro atoms. The topological polar surface area (TPSA) is 149 Å². The lowest BCUT2D eigenvalue weighted by atomic mass is 10.0. The Hall–Kier alpha value is -4.47. The molecule has 2 aromatic carbocycles. The summed E-state index contributed by atoms with van der Waals surface area (Å²) < 4.78 is 50.4. The fraction of sp³-hybridized carbons (Fsp3) is 0.448. The number of nitrogens with one attached hydrogen (secondary N) is 2. The number of carbonyl (C=O) groups is 2. The van der Waals surface area contributed by atoms with Crippen LogP contribution in [-0.2, 0) is 22.1 Å². The van der Waals surface area contributed by atoms with Crippen LogP contribution >= 0.6 is 11.3 Å². The first-order valence-electron chi connectivity index (χ1n) is 13.7. The van der Waals surface area contributed by atoms with Crippen LogP contribution in [0.5, 0.6) is 0 Å². The van der Waals surface area contributed by atoms with Crippen LogP contribution < -0.4 is 15.5 Å². The van der Waals surface area contributed by atoms with Gasteiger partial charge in [-0.3, -0.25) is 10.1 Å². The molecule has 12 nitrogen and oxygen atoms in total. The molecule has 0 aliphatic heterocycles. The molecule has 16 heteroatoms. The summed E-state index contributed by atoms with van der Waals surface area (Å²) in [5.74, 6) is 0. The fourth-order valence-electron chi connectivity index (χ4n) is 3.99. The Labute approximate surface area is 262 Å². The fourth-order valence-corrected chi connectivity index (χ4v) is 4.83. The van der Waals surface area contributed by atoms with E-state index in [0.717, 1.165) is 23.5 Å². The molecule has 0 unspecified atom stereocenters. The van der Waals surface area contributed by atoms with Gasteiger partial charge < -0.3 is 20.1 Å². The van der Waals surface area contributed by atoms with Crippen molar-refractivity contribution in [3.05, 3.63) is 63.7 Å². The number of alkyl carbamates (subject to hydrolysis) is 1. The normalized spacial score (nSPS) is 12.7. The van der Waals surface area contributed by atoms with Crippen molar-refractivity contribution in [1.82, 2.24) is 15.5 Å². The minimum Gasteiger partial charge on any atom is -0.444 e. The molecule has 0 aliphatic carbocycles. The Balaban J connectivity index is 2.00. The van der Waals surface area contributed by atoms with Gasteiger partial charge in [0.25, 0.3) is 5.69 Å². The van der Waals surface area contributed by atoms with E-state index in [1.807, 2.05) is 0 Å². The maximum atomic E-state index is 13.5. The molecule has 1 heterocycles. The second-order valence-electron chi connectivity index (χ2n) is 12.0. The maximum absolute atomic E-state index is 13.5. The molecule has 3 rings (SSSR count). The second-order valence-corrected chi connectivity index (χ2v) is 12.9. The van der Waals surface area contributed by atoms with Crippen molar-refractivity contribution in [1.29, 1.82) is 0 Å². The van der Waals surface area contributed by atoms with E-state index in [9.17, 15) is 32.9 Å². The monoisotopic (exact) mass is 652 g/mol. The molecule has 0 saturated heterocycles. The molecule has 0 aliphatic rings. The number of nitrogens with zero attached hydrogens (tertiary/aromatic N) is 4. The number of anilines is 2. The molecule has 0 fully saturated rings. The average Bonchev–Trinajstić information content (AvgIpc) is 3.38. The molecular weight excluding hydrogens is 617 g/mol. The number of nitro groups is 1. The van der Waals surface area contributed by atoms with E-state index in [2.05, 4.69) is 20.8 Å². The Morgan fingerprint density at radius 3 is 2.16 bits per heavy atom. The van der Waals surface area contributed by atoms with Gasteiger partial charge in [0.05, 0.1) is 23.1 Å². The molecule has 2 N–H and O–H groups in total. The number of alkyl halides is 3. The number of nitro benzene ring substituents is 1. The minimum atomic E-state index is -4.52. The van der Waals surface area contributed by atoms with E-state index in [1.165, 1.54) is 42.3 Å². The van der Waals surface area contributed by atoms with E-state index in [0.29, 0.717) is 16.1 Å². The highest BCUT2D eigenvalue weighted by atomic mass is 32.1. The molecule has 0 saturated carbocycles. The smallest absolute Gasteiger partial charge is 0.416 e. The lowest BCUT2D eigenvalue weighted by molar-refractivity contribution is -0.383. The van der Waals surface area contributed by atoms with Crippen LogP contribution in [0.3, 0.4) is 0 Å². The van der Waals surface area contributed by atoms with E-state index in [4.69, 9.17) is 9.47 Å². The first-order valence-corrected chi connectivity index (χ1v) is 14.5. The number of aromatic nitrogens is 2. The van der Waals surface area contributed by atoms with Gasteiger partial charge in [-0.2, -0.15) is 13.2 Å². The van der Waals surface area contributed by atoms with Gasteiger partial charge in [-0.05, 0) is 77.8 Å². The summed E-state index contributed by atoms with van der Waals surface area (Å²) in [6.45, 7) is 9.81. The molecule has 1 atom stereocenters. The molecule has 45 heavy (non-hydrogen) atoms. The number of hydrogen-bond acceptors (Lipinski definition) is 10. The third-order valence-corrected chi connectivity index (χ3v) is 6.85. The summed E-state index contributed by atoms with van der Waals surface area (Å²) in [4.78, 5) is 38.3. The molecule has 3 aromatic rings.